The van der Waals surface area contributed by atoms with Crippen LogP contribution in [0.25, 0.3) is 11.3 Å². The van der Waals surface area contributed by atoms with Crippen molar-refractivity contribution in [3.05, 3.63) is 72.2 Å². The quantitative estimate of drug-likeness (QED) is 0.778. The lowest BCUT2D eigenvalue weighted by molar-refractivity contribution is 0.0697. The minimum absolute atomic E-state index is 0.0676. The molecule has 1 aromatic carbocycles. The van der Waals surface area contributed by atoms with E-state index >= 15 is 0 Å². The summed E-state index contributed by atoms with van der Waals surface area (Å²) in [6, 6.07) is 13.4. The smallest absolute Gasteiger partial charge is 0.339 e. The van der Waals surface area contributed by atoms with E-state index in [1.54, 1.807) is 24.5 Å². The molecule has 0 atom stereocenters. The SMILES string of the molecule is CN(Cc1ccccc1)c1ncc(C(=O)O)c(-c2ccncc2)n1. The Balaban J connectivity index is 1.96. The van der Waals surface area contributed by atoms with Crippen molar-refractivity contribution in [1.82, 2.24) is 15.0 Å². The standard InChI is InChI=1S/C18H16N4O2/c1-22(12-13-5-3-2-4-6-13)18-20-11-15(17(23)24)16(21-18)14-7-9-19-10-8-14/h2-11H,12H2,1H3,(H,23,24). The van der Waals surface area contributed by atoms with Crippen LogP contribution in [0.1, 0.15) is 15.9 Å². The van der Waals surface area contributed by atoms with Gasteiger partial charge in [-0.05, 0) is 17.7 Å². The molecular formula is C18H16N4O2. The molecule has 0 saturated carbocycles. The molecule has 1 N–H and O–H groups in total. The van der Waals surface area contributed by atoms with Gasteiger partial charge in [0.1, 0.15) is 5.56 Å². The molecule has 6 heteroatoms. The fourth-order valence-electron chi connectivity index (χ4n) is 2.37. The first-order valence-corrected chi connectivity index (χ1v) is 7.41. The number of aromatic nitrogens is 3. The molecule has 2 heterocycles. The zero-order valence-electron chi connectivity index (χ0n) is 13.1. The van der Waals surface area contributed by atoms with Crippen molar-refractivity contribution in [2.24, 2.45) is 0 Å². The molecule has 0 unspecified atom stereocenters. The Hall–Kier alpha value is -3.28. The minimum atomic E-state index is -1.06. The molecule has 0 aliphatic carbocycles. The van der Waals surface area contributed by atoms with Crippen molar-refractivity contribution in [2.75, 3.05) is 11.9 Å². The van der Waals surface area contributed by atoms with Crippen LogP contribution in [0.2, 0.25) is 0 Å². The Morgan fingerprint density at radius 3 is 2.50 bits per heavy atom. The monoisotopic (exact) mass is 320 g/mol. The lowest BCUT2D eigenvalue weighted by atomic mass is 10.1. The van der Waals surface area contributed by atoms with Crippen LogP contribution in [-0.2, 0) is 6.54 Å². The summed E-state index contributed by atoms with van der Waals surface area (Å²) in [5, 5.41) is 9.38. The number of pyridine rings is 1. The fraction of sp³-hybridized carbons (Fsp3) is 0.111. The molecule has 3 rings (SSSR count). The van der Waals surface area contributed by atoms with Gasteiger partial charge in [0.05, 0.1) is 5.69 Å². The highest BCUT2D eigenvalue weighted by molar-refractivity contribution is 5.94. The largest absolute Gasteiger partial charge is 0.478 e. The second-order valence-electron chi connectivity index (χ2n) is 5.31. The van der Waals surface area contributed by atoms with E-state index in [0.717, 1.165) is 5.56 Å². The first kappa shape index (κ1) is 15.6. The molecule has 0 spiro atoms. The molecule has 6 nitrogen and oxygen atoms in total. The van der Waals surface area contributed by atoms with Crippen LogP contribution < -0.4 is 4.90 Å². The highest BCUT2D eigenvalue weighted by Gasteiger charge is 2.17. The first-order chi connectivity index (χ1) is 11.6. The van der Waals surface area contributed by atoms with Crippen molar-refractivity contribution in [3.63, 3.8) is 0 Å². The third kappa shape index (κ3) is 3.38. The molecule has 0 amide bonds. The van der Waals surface area contributed by atoms with Gasteiger partial charge < -0.3 is 10.0 Å². The van der Waals surface area contributed by atoms with Crippen LogP contribution in [-0.4, -0.2) is 33.1 Å². The molecule has 2 aromatic heterocycles. The van der Waals surface area contributed by atoms with Gasteiger partial charge in [0.2, 0.25) is 5.95 Å². The van der Waals surface area contributed by atoms with Crippen LogP contribution in [0.3, 0.4) is 0 Å². The van der Waals surface area contributed by atoms with E-state index in [4.69, 9.17) is 0 Å². The van der Waals surface area contributed by atoms with E-state index in [-0.39, 0.29) is 5.56 Å². The van der Waals surface area contributed by atoms with E-state index < -0.39 is 5.97 Å². The summed E-state index contributed by atoms with van der Waals surface area (Å²) >= 11 is 0. The molecule has 0 radical (unpaired) electrons. The maximum absolute atomic E-state index is 11.5. The second kappa shape index (κ2) is 6.87. The van der Waals surface area contributed by atoms with Crippen LogP contribution >= 0.6 is 0 Å². The van der Waals surface area contributed by atoms with Gasteiger partial charge in [0, 0.05) is 37.7 Å². The molecule has 0 fully saturated rings. The second-order valence-corrected chi connectivity index (χ2v) is 5.31. The number of hydrogen-bond acceptors (Lipinski definition) is 5. The fourth-order valence-corrected chi connectivity index (χ4v) is 2.37. The highest BCUT2D eigenvalue weighted by Crippen LogP contribution is 2.23. The van der Waals surface area contributed by atoms with Gasteiger partial charge in [-0.3, -0.25) is 4.98 Å². The van der Waals surface area contributed by atoms with E-state index in [9.17, 15) is 9.90 Å². The maximum Gasteiger partial charge on any atom is 0.339 e. The molecular weight excluding hydrogens is 304 g/mol. The highest BCUT2D eigenvalue weighted by atomic mass is 16.4. The van der Waals surface area contributed by atoms with Gasteiger partial charge >= 0.3 is 5.97 Å². The van der Waals surface area contributed by atoms with Crippen molar-refractivity contribution in [3.8, 4) is 11.3 Å². The molecule has 0 aliphatic heterocycles. The molecule has 0 aliphatic rings. The third-order valence-corrected chi connectivity index (χ3v) is 3.56. The molecule has 120 valence electrons. The Bertz CT molecular complexity index is 838. The maximum atomic E-state index is 11.5. The number of carbonyl (C=O) groups is 1. The summed E-state index contributed by atoms with van der Waals surface area (Å²) in [7, 11) is 1.87. The summed E-state index contributed by atoms with van der Waals surface area (Å²) in [6.07, 6.45) is 4.56. The van der Waals surface area contributed by atoms with E-state index in [0.29, 0.717) is 23.8 Å². The number of aromatic carboxylic acids is 1. The summed E-state index contributed by atoms with van der Waals surface area (Å²) in [4.78, 5) is 26.0. The lowest BCUT2D eigenvalue weighted by Gasteiger charge is -2.18. The van der Waals surface area contributed by atoms with Crippen molar-refractivity contribution >= 4 is 11.9 Å². The van der Waals surface area contributed by atoms with Crippen LogP contribution in [0.5, 0.6) is 0 Å². The molecule has 0 bridgehead atoms. The van der Waals surface area contributed by atoms with E-state index in [1.807, 2.05) is 42.3 Å². The van der Waals surface area contributed by atoms with Crippen LogP contribution in [0, 0.1) is 0 Å². The number of nitrogens with zero attached hydrogens (tertiary/aromatic N) is 4. The third-order valence-electron chi connectivity index (χ3n) is 3.56. The zero-order valence-corrected chi connectivity index (χ0v) is 13.1. The summed E-state index contributed by atoms with van der Waals surface area (Å²) in [6.45, 7) is 0.628. The Kier molecular flexibility index (Phi) is 4.47. The van der Waals surface area contributed by atoms with E-state index in [2.05, 4.69) is 15.0 Å². The Labute approximate surface area is 139 Å². The number of carboxylic acid groups (broad SMARTS) is 1. The predicted molar refractivity (Wildman–Crippen MR) is 90.8 cm³/mol. The van der Waals surface area contributed by atoms with Crippen molar-refractivity contribution in [2.45, 2.75) is 6.54 Å². The van der Waals surface area contributed by atoms with Gasteiger partial charge in [0.25, 0.3) is 0 Å². The van der Waals surface area contributed by atoms with Crippen LogP contribution in [0.4, 0.5) is 5.95 Å². The van der Waals surface area contributed by atoms with Crippen LogP contribution in [0.15, 0.2) is 61.1 Å². The number of rotatable bonds is 5. The molecule has 24 heavy (non-hydrogen) atoms. The minimum Gasteiger partial charge on any atom is -0.478 e. The van der Waals surface area contributed by atoms with E-state index in [1.165, 1.54) is 6.20 Å². The Morgan fingerprint density at radius 2 is 1.83 bits per heavy atom. The van der Waals surface area contributed by atoms with Crippen molar-refractivity contribution in [1.29, 1.82) is 0 Å². The average Bonchev–Trinajstić information content (AvgIpc) is 2.62. The van der Waals surface area contributed by atoms with Gasteiger partial charge in [-0.15, -0.1) is 0 Å². The van der Waals surface area contributed by atoms with Crippen molar-refractivity contribution < 1.29 is 9.90 Å². The van der Waals surface area contributed by atoms with Gasteiger partial charge in [-0.2, -0.15) is 0 Å². The molecule has 0 saturated heterocycles. The zero-order chi connectivity index (χ0) is 16.9. The van der Waals surface area contributed by atoms with Gasteiger partial charge in [-0.1, -0.05) is 30.3 Å². The number of benzene rings is 1. The topological polar surface area (TPSA) is 79.2 Å². The number of hydrogen-bond donors (Lipinski definition) is 1. The number of carboxylic acids is 1. The summed E-state index contributed by atoms with van der Waals surface area (Å²) in [5.74, 6) is -0.588. The summed E-state index contributed by atoms with van der Waals surface area (Å²) in [5.41, 5.74) is 2.27. The normalized spacial score (nSPS) is 10.4. The summed E-state index contributed by atoms with van der Waals surface area (Å²) < 4.78 is 0. The first-order valence-electron chi connectivity index (χ1n) is 7.41. The lowest BCUT2D eigenvalue weighted by Crippen LogP contribution is -2.20. The predicted octanol–water partition coefficient (Wildman–Crippen LogP) is 2.87. The van der Waals surface area contributed by atoms with Gasteiger partial charge in [0.15, 0.2) is 0 Å². The Morgan fingerprint density at radius 1 is 1.12 bits per heavy atom. The average molecular weight is 320 g/mol. The number of anilines is 1. The molecule has 3 aromatic rings. The van der Waals surface area contributed by atoms with Gasteiger partial charge in [-0.25, -0.2) is 14.8 Å².